The molecule has 4 aromatic rings. The smallest absolute Gasteiger partial charge is 0.269 e. The Morgan fingerprint density at radius 1 is 1.18 bits per heavy atom. The fraction of sp³-hybridized carbons (Fsp3) is 0.161. The Morgan fingerprint density at radius 3 is 2.75 bits per heavy atom. The molecule has 3 aromatic carbocycles. The SMILES string of the molecule is C=CCc1cc(/C=C(/C#N)C(=O)NCCc2c[nH]c3ccccc23)cc(OC)c1OCc1cccc([N+](=O)[O-])c1. The van der Waals surface area contributed by atoms with Gasteiger partial charge in [0.1, 0.15) is 18.2 Å². The number of carbonyl (C=O) groups is 1. The summed E-state index contributed by atoms with van der Waals surface area (Å²) in [4.78, 5) is 26.7. The van der Waals surface area contributed by atoms with Gasteiger partial charge in [0, 0.05) is 41.3 Å². The Bertz CT molecular complexity index is 1630. The van der Waals surface area contributed by atoms with Gasteiger partial charge in [0.25, 0.3) is 11.6 Å². The summed E-state index contributed by atoms with van der Waals surface area (Å²) in [5.74, 6) is 0.374. The van der Waals surface area contributed by atoms with Crippen molar-refractivity contribution in [2.45, 2.75) is 19.4 Å². The number of nitrogens with zero attached hydrogens (tertiary/aromatic N) is 2. The van der Waals surface area contributed by atoms with Crippen LogP contribution in [0, 0.1) is 21.4 Å². The molecule has 0 atom stereocenters. The van der Waals surface area contributed by atoms with Gasteiger partial charge >= 0.3 is 0 Å². The number of aromatic nitrogens is 1. The molecule has 0 aliphatic carbocycles. The van der Waals surface area contributed by atoms with Gasteiger partial charge < -0.3 is 19.8 Å². The van der Waals surface area contributed by atoms with Crippen LogP contribution >= 0.6 is 0 Å². The van der Waals surface area contributed by atoms with Crippen LogP contribution in [0.2, 0.25) is 0 Å². The molecule has 0 bridgehead atoms. The molecule has 0 saturated carbocycles. The molecular weight excluding hydrogens is 508 g/mol. The van der Waals surface area contributed by atoms with E-state index >= 15 is 0 Å². The lowest BCUT2D eigenvalue weighted by atomic mass is 10.0. The van der Waals surface area contributed by atoms with Gasteiger partial charge in [-0.3, -0.25) is 14.9 Å². The average molecular weight is 537 g/mol. The van der Waals surface area contributed by atoms with E-state index in [2.05, 4.69) is 16.9 Å². The summed E-state index contributed by atoms with van der Waals surface area (Å²) in [7, 11) is 1.49. The maximum atomic E-state index is 12.8. The van der Waals surface area contributed by atoms with Gasteiger partial charge in [-0.2, -0.15) is 5.26 Å². The van der Waals surface area contributed by atoms with Crippen molar-refractivity contribution in [2.24, 2.45) is 0 Å². The zero-order valence-corrected chi connectivity index (χ0v) is 22.0. The molecule has 1 aromatic heterocycles. The number of nitriles is 1. The highest BCUT2D eigenvalue weighted by Gasteiger charge is 2.16. The third kappa shape index (κ3) is 6.55. The van der Waals surface area contributed by atoms with E-state index in [0.29, 0.717) is 42.0 Å². The standard InChI is InChI=1S/C31H28N4O5/c1-3-7-23-14-22(17-29(39-2)30(23)40-20-21-8-6-9-26(16-21)35(37)38)15-25(18-32)31(36)33-13-12-24-19-34-28-11-5-4-10-27(24)28/h3-6,8-11,14-17,19,34H,1,7,12-13,20H2,2H3,(H,33,36)/b25-15-. The summed E-state index contributed by atoms with van der Waals surface area (Å²) < 4.78 is 11.6. The maximum Gasteiger partial charge on any atom is 0.269 e. The van der Waals surface area contributed by atoms with Gasteiger partial charge in [-0.05, 0) is 53.8 Å². The number of hydrogen-bond acceptors (Lipinski definition) is 6. The second kappa shape index (κ2) is 12.9. The molecular formula is C31H28N4O5. The molecule has 0 fully saturated rings. The van der Waals surface area contributed by atoms with Crippen molar-refractivity contribution in [2.75, 3.05) is 13.7 Å². The van der Waals surface area contributed by atoms with E-state index in [1.807, 2.05) is 36.5 Å². The van der Waals surface area contributed by atoms with Crippen LogP contribution in [0.15, 0.2) is 85.1 Å². The fourth-order valence-corrected chi connectivity index (χ4v) is 4.36. The topological polar surface area (TPSA) is 130 Å². The van der Waals surface area contributed by atoms with Gasteiger partial charge in [-0.25, -0.2) is 0 Å². The third-order valence-electron chi connectivity index (χ3n) is 6.27. The highest BCUT2D eigenvalue weighted by molar-refractivity contribution is 6.01. The summed E-state index contributed by atoms with van der Waals surface area (Å²) in [6, 6.07) is 19.6. The van der Waals surface area contributed by atoms with Crippen LogP contribution in [0.5, 0.6) is 11.5 Å². The number of carbonyl (C=O) groups excluding carboxylic acids is 1. The molecule has 40 heavy (non-hydrogen) atoms. The Morgan fingerprint density at radius 2 is 2.00 bits per heavy atom. The van der Waals surface area contributed by atoms with Crippen molar-refractivity contribution >= 4 is 28.6 Å². The first kappa shape index (κ1) is 27.7. The largest absolute Gasteiger partial charge is 0.493 e. The normalized spacial score (nSPS) is 11.1. The summed E-state index contributed by atoms with van der Waals surface area (Å²) in [5.41, 5.74) is 3.98. The zero-order chi connectivity index (χ0) is 28.5. The molecule has 0 saturated heterocycles. The highest BCUT2D eigenvalue weighted by Crippen LogP contribution is 2.35. The van der Waals surface area contributed by atoms with Crippen LogP contribution in [-0.2, 0) is 24.2 Å². The lowest BCUT2D eigenvalue weighted by Gasteiger charge is -2.16. The number of H-pyrrole nitrogens is 1. The van der Waals surface area contributed by atoms with Crippen molar-refractivity contribution in [3.63, 3.8) is 0 Å². The number of non-ortho nitro benzene ring substituents is 1. The molecule has 0 radical (unpaired) electrons. The minimum Gasteiger partial charge on any atom is -0.493 e. The van der Waals surface area contributed by atoms with Gasteiger partial charge in [0.15, 0.2) is 11.5 Å². The van der Waals surface area contributed by atoms with E-state index in [1.165, 1.54) is 25.3 Å². The number of benzene rings is 3. The van der Waals surface area contributed by atoms with Crippen molar-refractivity contribution in [1.82, 2.24) is 10.3 Å². The van der Waals surface area contributed by atoms with E-state index < -0.39 is 10.8 Å². The van der Waals surface area contributed by atoms with Crippen molar-refractivity contribution < 1.29 is 19.2 Å². The molecule has 9 heteroatoms. The molecule has 2 N–H and O–H groups in total. The molecule has 0 unspecified atom stereocenters. The Kier molecular flexibility index (Phi) is 8.95. The number of allylic oxidation sites excluding steroid dienone is 1. The van der Waals surface area contributed by atoms with Crippen LogP contribution in [0.1, 0.15) is 22.3 Å². The van der Waals surface area contributed by atoms with Crippen LogP contribution in [-0.4, -0.2) is 29.5 Å². The number of nitrogens with one attached hydrogen (secondary N) is 2. The minimum absolute atomic E-state index is 0.0244. The van der Waals surface area contributed by atoms with Crippen molar-refractivity contribution in [1.29, 1.82) is 5.26 Å². The highest BCUT2D eigenvalue weighted by atomic mass is 16.6. The summed E-state index contributed by atoms with van der Waals surface area (Å²) in [5, 5.41) is 24.7. The van der Waals surface area contributed by atoms with Crippen LogP contribution in [0.4, 0.5) is 5.69 Å². The number of para-hydroxylation sites is 1. The maximum absolute atomic E-state index is 12.8. The molecule has 1 heterocycles. The van der Waals surface area contributed by atoms with Gasteiger partial charge in [-0.15, -0.1) is 6.58 Å². The van der Waals surface area contributed by atoms with Gasteiger partial charge in [0.2, 0.25) is 0 Å². The first-order valence-electron chi connectivity index (χ1n) is 12.6. The van der Waals surface area contributed by atoms with Crippen LogP contribution < -0.4 is 14.8 Å². The molecule has 1 amide bonds. The number of nitro groups is 1. The molecule has 202 valence electrons. The monoisotopic (exact) mass is 536 g/mol. The third-order valence-corrected chi connectivity index (χ3v) is 6.27. The van der Waals surface area contributed by atoms with Crippen LogP contribution in [0.25, 0.3) is 17.0 Å². The molecule has 0 aliphatic heterocycles. The zero-order valence-electron chi connectivity index (χ0n) is 22.0. The Labute approximate surface area is 231 Å². The first-order chi connectivity index (χ1) is 19.4. The lowest BCUT2D eigenvalue weighted by Crippen LogP contribution is -2.26. The predicted octanol–water partition coefficient (Wildman–Crippen LogP) is 5.66. The van der Waals surface area contributed by atoms with Gasteiger partial charge in [-0.1, -0.05) is 36.4 Å². The molecule has 9 nitrogen and oxygen atoms in total. The number of nitro benzene ring substituents is 1. The summed E-state index contributed by atoms with van der Waals surface area (Å²) in [6.45, 7) is 4.26. The number of fused-ring (bicyclic) bond motifs is 1. The van der Waals surface area contributed by atoms with E-state index in [0.717, 1.165) is 22.0 Å². The van der Waals surface area contributed by atoms with Crippen LogP contribution in [0.3, 0.4) is 0 Å². The van der Waals surface area contributed by atoms with E-state index in [-0.39, 0.29) is 17.9 Å². The van der Waals surface area contributed by atoms with E-state index in [9.17, 15) is 20.2 Å². The van der Waals surface area contributed by atoms with E-state index in [4.69, 9.17) is 9.47 Å². The number of amides is 1. The number of hydrogen-bond donors (Lipinski definition) is 2. The van der Waals surface area contributed by atoms with Gasteiger partial charge in [0.05, 0.1) is 12.0 Å². The molecule has 0 aliphatic rings. The second-order valence-electron chi connectivity index (χ2n) is 8.96. The Balaban J connectivity index is 1.50. The number of methoxy groups -OCH3 is 1. The predicted molar refractivity (Wildman–Crippen MR) is 153 cm³/mol. The van der Waals surface area contributed by atoms with Crippen molar-refractivity contribution in [3.05, 3.63) is 117 Å². The number of ether oxygens (including phenoxy) is 2. The number of rotatable bonds is 12. The minimum atomic E-state index is -0.474. The molecule has 0 spiro atoms. The second-order valence-corrected chi connectivity index (χ2v) is 8.96. The first-order valence-corrected chi connectivity index (χ1v) is 12.6. The average Bonchev–Trinajstić information content (AvgIpc) is 3.38. The quantitative estimate of drug-likeness (QED) is 0.0790. The fourth-order valence-electron chi connectivity index (χ4n) is 4.36. The lowest BCUT2D eigenvalue weighted by molar-refractivity contribution is -0.384. The summed E-state index contributed by atoms with van der Waals surface area (Å²) in [6.07, 6.45) is 6.17. The Hall–Kier alpha value is -5.36. The van der Waals surface area contributed by atoms with E-state index in [1.54, 1.807) is 30.3 Å². The molecule has 4 rings (SSSR count). The summed E-state index contributed by atoms with van der Waals surface area (Å²) >= 11 is 0. The van der Waals surface area contributed by atoms with Crippen molar-refractivity contribution in [3.8, 4) is 17.6 Å². The number of aromatic amines is 1.